The van der Waals surface area contributed by atoms with Crippen molar-refractivity contribution in [3.63, 3.8) is 0 Å². The van der Waals surface area contributed by atoms with Crippen LogP contribution in [0, 0.1) is 6.92 Å². The van der Waals surface area contributed by atoms with Crippen LogP contribution in [0.15, 0.2) is 59.1 Å². The second kappa shape index (κ2) is 12.3. The van der Waals surface area contributed by atoms with Gasteiger partial charge in [0.05, 0.1) is 12.6 Å². The molecule has 0 bridgehead atoms. The summed E-state index contributed by atoms with van der Waals surface area (Å²) in [4.78, 5) is 21.2. The van der Waals surface area contributed by atoms with Crippen LogP contribution in [0.2, 0.25) is 5.02 Å². The van der Waals surface area contributed by atoms with E-state index in [4.69, 9.17) is 20.9 Å². The Morgan fingerprint density at radius 3 is 2.43 bits per heavy atom. The molecule has 4 rings (SSSR count). The van der Waals surface area contributed by atoms with E-state index >= 15 is 0 Å². The van der Waals surface area contributed by atoms with Gasteiger partial charge in [0.1, 0.15) is 12.6 Å². The molecule has 0 saturated carbocycles. The highest BCUT2D eigenvalue weighted by Crippen LogP contribution is 2.30. The quantitative estimate of drug-likeness (QED) is 0.428. The second-order valence-electron chi connectivity index (χ2n) is 8.76. The predicted molar refractivity (Wildman–Crippen MR) is 134 cm³/mol. The summed E-state index contributed by atoms with van der Waals surface area (Å²) in [5, 5.41) is 7.30. The van der Waals surface area contributed by atoms with Crippen molar-refractivity contribution in [2.45, 2.75) is 25.9 Å². The Bertz CT molecular complexity index is 1070. The summed E-state index contributed by atoms with van der Waals surface area (Å²) in [5.74, 6) is 0.730. The molecule has 0 aliphatic carbocycles. The molecule has 3 aromatic rings. The van der Waals surface area contributed by atoms with Crippen molar-refractivity contribution in [3.05, 3.63) is 82.5 Å². The molecule has 1 aliphatic heterocycles. The number of piperazine rings is 1. The molecule has 2 unspecified atom stereocenters. The second-order valence-corrected chi connectivity index (χ2v) is 9.20. The standard InChI is InChI=1S/C26H32ClN5O3/c1-19(26-29-20(2)30-35-26)28-24(33)18-34-17-16-31-12-14-32(15-13-31)25(21-6-4-3-5-7-21)22-8-10-23(27)11-9-22/h3-11,19,25H,12-18H2,1-2H3,(H,28,33). The molecule has 0 spiro atoms. The summed E-state index contributed by atoms with van der Waals surface area (Å²) in [6.07, 6.45) is 0. The van der Waals surface area contributed by atoms with E-state index in [1.165, 1.54) is 11.1 Å². The van der Waals surface area contributed by atoms with E-state index in [0.29, 0.717) is 18.3 Å². The van der Waals surface area contributed by atoms with Crippen molar-refractivity contribution in [2.24, 2.45) is 0 Å². The highest BCUT2D eigenvalue weighted by molar-refractivity contribution is 6.30. The average Bonchev–Trinajstić information content (AvgIpc) is 3.31. The van der Waals surface area contributed by atoms with Gasteiger partial charge in [0.25, 0.3) is 0 Å². The van der Waals surface area contributed by atoms with Crippen molar-refractivity contribution in [1.82, 2.24) is 25.3 Å². The third-order valence-corrected chi connectivity index (χ3v) is 6.40. The molecule has 1 aromatic heterocycles. The van der Waals surface area contributed by atoms with Crippen molar-refractivity contribution in [1.29, 1.82) is 0 Å². The van der Waals surface area contributed by atoms with Crippen molar-refractivity contribution >= 4 is 17.5 Å². The molecule has 9 heteroatoms. The third-order valence-electron chi connectivity index (χ3n) is 6.15. The molecular weight excluding hydrogens is 466 g/mol. The van der Waals surface area contributed by atoms with Gasteiger partial charge >= 0.3 is 0 Å². The number of aromatic nitrogens is 2. The molecule has 8 nitrogen and oxygen atoms in total. The van der Waals surface area contributed by atoms with Crippen LogP contribution in [0.1, 0.15) is 41.8 Å². The monoisotopic (exact) mass is 497 g/mol. The number of halogens is 1. The molecule has 2 heterocycles. The maximum absolute atomic E-state index is 12.1. The minimum absolute atomic E-state index is 0.00404. The zero-order valence-electron chi connectivity index (χ0n) is 20.2. The van der Waals surface area contributed by atoms with Crippen LogP contribution in [0.4, 0.5) is 0 Å². The van der Waals surface area contributed by atoms with E-state index in [1.54, 1.807) is 13.8 Å². The Hall–Kier alpha value is -2.78. The molecule has 1 amide bonds. The number of carbonyl (C=O) groups excluding carboxylic acids is 1. The first-order valence-corrected chi connectivity index (χ1v) is 12.3. The molecule has 1 fully saturated rings. The molecule has 1 N–H and O–H groups in total. The van der Waals surface area contributed by atoms with Gasteiger partial charge in [-0.1, -0.05) is 59.2 Å². The van der Waals surface area contributed by atoms with Crippen LogP contribution in [-0.2, 0) is 9.53 Å². The molecule has 35 heavy (non-hydrogen) atoms. The van der Waals surface area contributed by atoms with Gasteiger partial charge in [0, 0.05) is 37.7 Å². The van der Waals surface area contributed by atoms with Crippen LogP contribution in [0.3, 0.4) is 0 Å². The third kappa shape index (κ3) is 7.11. The van der Waals surface area contributed by atoms with E-state index in [9.17, 15) is 4.79 Å². The number of aryl methyl sites for hydroxylation is 1. The summed E-state index contributed by atoms with van der Waals surface area (Å²) >= 11 is 6.13. The van der Waals surface area contributed by atoms with Crippen LogP contribution >= 0.6 is 11.6 Å². The number of hydrogen-bond acceptors (Lipinski definition) is 7. The number of hydrogen-bond donors (Lipinski definition) is 1. The predicted octanol–water partition coefficient (Wildman–Crippen LogP) is 3.63. The fourth-order valence-electron chi connectivity index (χ4n) is 4.33. The summed E-state index contributed by atoms with van der Waals surface area (Å²) in [6.45, 7) is 8.62. The maximum Gasteiger partial charge on any atom is 0.248 e. The lowest BCUT2D eigenvalue weighted by atomic mass is 9.96. The molecular formula is C26H32ClN5O3. The number of nitrogens with one attached hydrogen (secondary N) is 1. The zero-order valence-corrected chi connectivity index (χ0v) is 20.9. The zero-order chi connectivity index (χ0) is 24.6. The Labute approximate surface area is 211 Å². The highest BCUT2D eigenvalue weighted by atomic mass is 35.5. The van der Waals surface area contributed by atoms with Gasteiger partial charge in [-0.25, -0.2) is 0 Å². The maximum atomic E-state index is 12.1. The van der Waals surface area contributed by atoms with Crippen molar-refractivity contribution in [2.75, 3.05) is 45.9 Å². The lowest BCUT2D eigenvalue weighted by Crippen LogP contribution is -2.48. The van der Waals surface area contributed by atoms with E-state index < -0.39 is 0 Å². The van der Waals surface area contributed by atoms with E-state index in [0.717, 1.165) is 37.7 Å². The minimum atomic E-state index is -0.349. The van der Waals surface area contributed by atoms with Gasteiger partial charge < -0.3 is 14.6 Å². The molecule has 2 atom stereocenters. The fourth-order valence-corrected chi connectivity index (χ4v) is 4.46. The van der Waals surface area contributed by atoms with Gasteiger partial charge in [-0.15, -0.1) is 0 Å². The summed E-state index contributed by atoms with van der Waals surface area (Å²) in [6, 6.07) is 18.6. The van der Waals surface area contributed by atoms with Gasteiger partial charge in [-0.3, -0.25) is 14.6 Å². The Balaban J connectivity index is 1.22. The van der Waals surface area contributed by atoms with E-state index in [1.807, 2.05) is 18.2 Å². The minimum Gasteiger partial charge on any atom is -0.370 e. The lowest BCUT2D eigenvalue weighted by molar-refractivity contribution is -0.126. The Morgan fingerprint density at radius 1 is 1.09 bits per heavy atom. The van der Waals surface area contributed by atoms with Crippen molar-refractivity contribution in [3.8, 4) is 0 Å². The van der Waals surface area contributed by atoms with Gasteiger partial charge in [-0.05, 0) is 37.1 Å². The largest absolute Gasteiger partial charge is 0.370 e. The molecule has 186 valence electrons. The Morgan fingerprint density at radius 2 is 1.77 bits per heavy atom. The number of amides is 1. The number of benzene rings is 2. The van der Waals surface area contributed by atoms with Gasteiger partial charge in [-0.2, -0.15) is 4.98 Å². The summed E-state index contributed by atoms with van der Waals surface area (Å²) < 4.78 is 10.7. The Kier molecular flexibility index (Phi) is 8.87. The summed E-state index contributed by atoms with van der Waals surface area (Å²) in [7, 11) is 0. The number of rotatable bonds is 10. The smallest absolute Gasteiger partial charge is 0.248 e. The average molecular weight is 498 g/mol. The van der Waals surface area contributed by atoms with Crippen LogP contribution < -0.4 is 5.32 Å². The highest BCUT2D eigenvalue weighted by Gasteiger charge is 2.26. The van der Waals surface area contributed by atoms with Crippen LogP contribution in [-0.4, -0.2) is 71.8 Å². The van der Waals surface area contributed by atoms with Crippen molar-refractivity contribution < 1.29 is 14.1 Å². The molecule has 2 aromatic carbocycles. The first-order valence-electron chi connectivity index (χ1n) is 11.9. The topological polar surface area (TPSA) is 83.7 Å². The first-order chi connectivity index (χ1) is 17.0. The lowest BCUT2D eigenvalue weighted by Gasteiger charge is -2.39. The van der Waals surface area contributed by atoms with Gasteiger partial charge in [0.2, 0.25) is 11.8 Å². The number of nitrogens with zero attached hydrogens (tertiary/aromatic N) is 4. The fraction of sp³-hybridized carbons (Fsp3) is 0.423. The summed E-state index contributed by atoms with van der Waals surface area (Å²) in [5.41, 5.74) is 2.52. The van der Waals surface area contributed by atoms with Gasteiger partial charge in [0.15, 0.2) is 5.82 Å². The number of carbonyl (C=O) groups is 1. The van der Waals surface area contributed by atoms with Crippen LogP contribution in [0.25, 0.3) is 0 Å². The van der Waals surface area contributed by atoms with E-state index in [-0.39, 0.29) is 24.6 Å². The van der Waals surface area contributed by atoms with E-state index in [2.05, 4.69) is 61.7 Å². The molecule has 1 aliphatic rings. The SMILES string of the molecule is Cc1noc(C(C)NC(=O)COCCN2CCN(C(c3ccccc3)c3ccc(Cl)cc3)CC2)n1. The normalized spacial score (nSPS) is 16.7. The first kappa shape index (κ1) is 25.3. The molecule has 0 radical (unpaired) electrons. The van der Waals surface area contributed by atoms with Crippen LogP contribution in [0.5, 0.6) is 0 Å². The number of ether oxygens (including phenoxy) is 1. The molecule has 1 saturated heterocycles.